The molecule has 0 unspecified atom stereocenters. The summed E-state index contributed by atoms with van der Waals surface area (Å²) in [5.41, 5.74) is 0.984. The molecular formula is C20H27N3O5. The van der Waals surface area contributed by atoms with Gasteiger partial charge >= 0.3 is 0 Å². The topological polar surface area (TPSA) is 89.9 Å². The molecule has 28 heavy (non-hydrogen) atoms. The van der Waals surface area contributed by atoms with Crippen LogP contribution in [0, 0.1) is 0 Å². The van der Waals surface area contributed by atoms with Gasteiger partial charge in [0.05, 0.1) is 12.1 Å². The Bertz CT molecular complexity index is 837. The predicted octanol–water partition coefficient (Wildman–Crippen LogP) is 1.43. The fourth-order valence-corrected chi connectivity index (χ4v) is 3.02. The van der Waals surface area contributed by atoms with E-state index in [9.17, 15) is 14.4 Å². The quantitative estimate of drug-likeness (QED) is 0.377. The molecule has 8 heteroatoms. The number of amides is 2. The molecule has 1 heterocycles. The van der Waals surface area contributed by atoms with Crippen molar-refractivity contribution < 1.29 is 23.9 Å². The van der Waals surface area contributed by atoms with Crippen molar-refractivity contribution in [1.29, 1.82) is 0 Å². The van der Waals surface area contributed by atoms with Crippen LogP contribution in [0.4, 0.5) is 0 Å². The minimum Gasteiger partial charge on any atom is -0.354 e. The molecular weight excluding hydrogens is 362 g/mol. The zero-order chi connectivity index (χ0) is 20.7. The molecule has 1 aromatic carbocycles. The lowest BCUT2D eigenvalue weighted by Gasteiger charge is -2.19. The number of ether oxygens (including phenoxy) is 2. The Morgan fingerprint density at radius 1 is 1.11 bits per heavy atom. The number of benzene rings is 1. The van der Waals surface area contributed by atoms with E-state index in [0.717, 1.165) is 5.52 Å². The van der Waals surface area contributed by atoms with Crippen molar-refractivity contribution in [3.63, 3.8) is 0 Å². The van der Waals surface area contributed by atoms with Crippen LogP contribution in [-0.4, -0.2) is 67.2 Å². The van der Waals surface area contributed by atoms with Crippen LogP contribution < -0.4 is 5.32 Å². The summed E-state index contributed by atoms with van der Waals surface area (Å²) in [5, 5.41) is 3.14. The van der Waals surface area contributed by atoms with Crippen LogP contribution >= 0.6 is 0 Å². The van der Waals surface area contributed by atoms with E-state index in [1.807, 2.05) is 26.0 Å². The number of methoxy groups -OCH3 is 2. The number of hydrogen-bond acceptors (Lipinski definition) is 5. The van der Waals surface area contributed by atoms with Crippen molar-refractivity contribution in [3.05, 3.63) is 36.0 Å². The predicted molar refractivity (Wildman–Crippen MR) is 105 cm³/mol. The van der Waals surface area contributed by atoms with E-state index in [1.165, 1.54) is 14.2 Å². The standard InChI is InChI=1S/C20H27N3O5/c1-5-22(6-2)17(24)13-23-12-15(14-9-7-8-10-16(14)23)19(25)20(26)21-11-18(27-3)28-4/h7-10,12,18H,5-6,11,13H2,1-4H3,(H,21,26). The molecule has 0 radical (unpaired) electrons. The maximum atomic E-state index is 12.7. The van der Waals surface area contributed by atoms with Crippen LogP contribution in [0.25, 0.3) is 10.9 Å². The molecule has 0 aliphatic rings. The summed E-state index contributed by atoms with van der Waals surface area (Å²) >= 11 is 0. The zero-order valence-electron chi connectivity index (χ0n) is 16.7. The highest BCUT2D eigenvalue weighted by atomic mass is 16.7. The number of para-hydroxylation sites is 1. The van der Waals surface area contributed by atoms with E-state index in [4.69, 9.17) is 9.47 Å². The lowest BCUT2D eigenvalue weighted by atomic mass is 10.1. The highest BCUT2D eigenvalue weighted by Crippen LogP contribution is 2.22. The largest absolute Gasteiger partial charge is 0.354 e. The molecule has 1 aromatic heterocycles. The molecule has 0 aliphatic carbocycles. The summed E-state index contributed by atoms with van der Waals surface area (Å²) in [6, 6.07) is 7.21. The zero-order valence-corrected chi connectivity index (χ0v) is 16.7. The first kappa shape index (κ1) is 21.6. The molecule has 0 atom stereocenters. The maximum absolute atomic E-state index is 12.7. The molecule has 152 valence electrons. The highest BCUT2D eigenvalue weighted by Gasteiger charge is 2.23. The Hall–Kier alpha value is -2.71. The van der Waals surface area contributed by atoms with Gasteiger partial charge in [0.15, 0.2) is 6.29 Å². The van der Waals surface area contributed by atoms with E-state index in [0.29, 0.717) is 18.5 Å². The van der Waals surface area contributed by atoms with E-state index < -0.39 is 18.0 Å². The average molecular weight is 389 g/mol. The number of rotatable bonds is 10. The van der Waals surface area contributed by atoms with Gasteiger partial charge in [-0.1, -0.05) is 18.2 Å². The molecule has 0 saturated heterocycles. The van der Waals surface area contributed by atoms with Crippen LogP contribution in [0.3, 0.4) is 0 Å². The second-order valence-electron chi connectivity index (χ2n) is 6.19. The molecule has 0 bridgehead atoms. The molecule has 2 amide bonds. The van der Waals surface area contributed by atoms with Crippen molar-refractivity contribution in [2.24, 2.45) is 0 Å². The monoisotopic (exact) mass is 389 g/mol. The lowest BCUT2D eigenvalue weighted by Crippen LogP contribution is -2.38. The number of carbonyl (C=O) groups is 3. The third-order valence-electron chi connectivity index (χ3n) is 4.62. The lowest BCUT2D eigenvalue weighted by molar-refractivity contribution is -0.131. The van der Waals surface area contributed by atoms with E-state index in [-0.39, 0.29) is 24.6 Å². The summed E-state index contributed by atoms with van der Waals surface area (Å²) < 4.78 is 11.7. The molecule has 2 rings (SSSR count). The molecule has 0 aliphatic heterocycles. The smallest absolute Gasteiger partial charge is 0.292 e. The number of carbonyl (C=O) groups excluding carboxylic acids is 3. The Kier molecular flexibility index (Phi) is 7.71. The molecule has 0 saturated carbocycles. The fraction of sp³-hybridized carbons (Fsp3) is 0.450. The van der Waals surface area contributed by atoms with Gasteiger partial charge in [0.1, 0.15) is 6.54 Å². The minimum absolute atomic E-state index is 0.0442. The van der Waals surface area contributed by atoms with Gasteiger partial charge in [0.2, 0.25) is 5.91 Å². The number of ketones is 1. The van der Waals surface area contributed by atoms with Gasteiger partial charge in [0, 0.05) is 44.4 Å². The Balaban J connectivity index is 2.26. The van der Waals surface area contributed by atoms with Crippen LogP contribution in [0.15, 0.2) is 30.5 Å². The van der Waals surface area contributed by atoms with Crippen LogP contribution in [0.2, 0.25) is 0 Å². The van der Waals surface area contributed by atoms with Crippen molar-refractivity contribution in [3.8, 4) is 0 Å². The highest BCUT2D eigenvalue weighted by molar-refractivity contribution is 6.45. The third-order valence-corrected chi connectivity index (χ3v) is 4.62. The van der Waals surface area contributed by atoms with Gasteiger partial charge in [-0.05, 0) is 19.9 Å². The fourth-order valence-electron chi connectivity index (χ4n) is 3.02. The molecule has 0 spiro atoms. The number of nitrogens with one attached hydrogen (secondary N) is 1. The number of Topliss-reactive ketones (excluding diaryl/α,β-unsaturated/α-hetero) is 1. The second-order valence-corrected chi connectivity index (χ2v) is 6.19. The summed E-state index contributed by atoms with van der Waals surface area (Å²) in [6.45, 7) is 5.22. The van der Waals surface area contributed by atoms with Crippen molar-refractivity contribution in [2.45, 2.75) is 26.7 Å². The van der Waals surface area contributed by atoms with Gasteiger partial charge in [0.25, 0.3) is 11.7 Å². The molecule has 8 nitrogen and oxygen atoms in total. The minimum atomic E-state index is -0.753. The number of nitrogens with zero attached hydrogens (tertiary/aromatic N) is 2. The first-order chi connectivity index (χ1) is 13.5. The molecule has 0 fully saturated rings. The number of hydrogen-bond donors (Lipinski definition) is 1. The van der Waals surface area contributed by atoms with Gasteiger partial charge in [-0.25, -0.2) is 0 Å². The number of aromatic nitrogens is 1. The van der Waals surface area contributed by atoms with Crippen LogP contribution in [0.1, 0.15) is 24.2 Å². The third kappa shape index (κ3) is 4.76. The summed E-state index contributed by atoms with van der Waals surface area (Å²) in [7, 11) is 2.89. The number of fused-ring (bicyclic) bond motifs is 1. The Morgan fingerprint density at radius 3 is 2.36 bits per heavy atom. The van der Waals surface area contributed by atoms with E-state index in [1.54, 1.807) is 27.8 Å². The van der Waals surface area contributed by atoms with Gasteiger partial charge in [-0.15, -0.1) is 0 Å². The second kappa shape index (κ2) is 10.0. The molecule has 1 N–H and O–H groups in total. The number of likely N-dealkylation sites (N-methyl/N-ethyl adjacent to an activating group) is 1. The van der Waals surface area contributed by atoms with Crippen molar-refractivity contribution >= 4 is 28.5 Å². The Morgan fingerprint density at radius 2 is 1.75 bits per heavy atom. The van der Waals surface area contributed by atoms with Crippen molar-refractivity contribution in [2.75, 3.05) is 33.9 Å². The van der Waals surface area contributed by atoms with Gasteiger partial charge in [-0.3, -0.25) is 14.4 Å². The Labute approximate surface area is 164 Å². The van der Waals surface area contributed by atoms with Crippen molar-refractivity contribution in [1.82, 2.24) is 14.8 Å². The van der Waals surface area contributed by atoms with E-state index >= 15 is 0 Å². The molecule has 2 aromatic rings. The van der Waals surface area contributed by atoms with Crippen LogP contribution in [0.5, 0.6) is 0 Å². The normalized spacial score (nSPS) is 11.0. The first-order valence-corrected chi connectivity index (χ1v) is 9.20. The van der Waals surface area contributed by atoms with Gasteiger partial charge in [-0.2, -0.15) is 0 Å². The van der Waals surface area contributed by atoms with Gasteiger partial charge < -0.3 is 24.3 Å². The summed E-state index contributed by atoms with van der Waals surface area (Å²) in [5.74, 6) is -1.47. The average Bonchev–Trinajstić information content (AvgIpc) is 3.07. The maximum Gasteiger partial charge on any atom is 0.292 e. The van der Waals surface area contributed by atoms with Crippen LogP contribution in [-0.2, 0) is 25.6 Å². The first-order valence-electron chi connectivity index (χ1n) is 9.20. The SMILES string of the molecule is CCN(CC)C(=O)Cn1cc(C(=O)C(=O)NCC(OC)OC)c2ccccc21. The summed E-state index contributed by atoms with van der Waals surface area (Å²) in [4.78, 5) is 39.2. The van der Waals surface area contributed by atoms with E-state index in [2.05, 4.69) is 5.32 Å². The summed E-state index contributed by atoms with van der Waals surface area (Å²) in [6.07, 6.45) is 0.933.